The molecule has 0 aromatic carbocycles. The minimum atomic E-state index is 0.422. The summed E-state index contributed by atoms with van der Waals surface area (Å²) >= 11 is 5.90. The van der Waals surface area contributed by atoms with E-state index in [4.69, 9.17) is 17.3 Å². The third-order valence-electron chi connectivity index (χ3n) is 2.89. The molecule has 6 heteroatoms. The predicted molar refractivity (Wildman–Crippen MR) is 75.0 cm³/mol. The van der Waals surface area contributed by atoms with Gasteiger partial charge in [0.1, 0.15) is 5.52 Å². The Bertz CT molecular complexity index is 733. The maximum atomic E-state index is 5.93. The highest BCUT2D eigenvalue weighted by atomic mass is 35.5. The maximum Gasteiger partial charge on any atom is 0.202 e. The van der Waals surface area contributed by atoms with E-state index in [1.165, 1.54) is 0 Å². The molecule has 0 bridgehead atoms. The van der Waals surface area contributed by atoms with E-state index >= 15 is 0 Å². The van der Waals surface area contributed by atoms with Gasteiger partial charge in [0.05, 0.1) is 11.6 Å². The van der Waals surface area contributed by atoms with Crippen molar-refractivity contribution in [2.45, 2.75) is 13.5 Å². The highest BCUT2D eigenvalue weighted by molar-refractivity contribution is 6.31. The second-order valence-electron chi connectivity index (χ2n) is 4.36. The van der Waals surface area contributed by atoms with Crippen molar-refractivity contribution >= 4 is 28.7 Å². The normalized spacial score (nSPS) is 11.1. The lowest BCUT2D eigenvalue weighted by molar-refractivity contribution is 0.821. The highest BCUT2D eigenvalue weighted by Gasteiger charge is 2.10. The summed E-state index contributed by atoms with van der Waals surface area (Å²) in [6, 6.07) is 5.74. The van der Waals surface area contributed by atoms with Crippen LogP contribution in [0.1, 0.15) is 11.3 Å². The minimum Gasteiger partial charge on any atom is -0.369 e. The van der Waals surface area contributed by atoms with Crippen LogP contribution in [0.25, 0.3) is 11.2 Å². The molecule has 0 unspecified atom stereocenters. The molecule has 0 fully saturated rings. The molecule has 5 nitrogen and oxygen atoms in total. The zero-order chi connectivity index (χ0) is 13.4. The Morgan fingerprint density at radius 1 is 1.26 bits per heavy atom. The van der Waals surface area contributed by atoms with Crippen molar-refractivity contribution in [2.24, 2.45) is 0 Å². The first-order chi connectivity index (χ1) is 9.13. The summed E-state index contributed by atoms with van der Waals surface area (Å²) in [6.07, 6.45) is 3.42. The molecular weight excluding hydrogens is 262 g/mol. The summed E-state index contributed by atoms with van der Waals surface area (Å²) in [5.74, 6) is 0.422. The van der Waals surface area contributed by atoms with Gasteiger partial charge in [-0.25, -0.2) is 9.97 Å². The van der Waals surface area contributed by atoms with Crippen molar-refractivity contribution in [3.8, 4) is 0 Å². The topological polar surface area (TPSA) is 69.6 Å². The Kier molecular flexibility index (Phi) is 2.83. The molecule has 3 rings (SSSR count). The van der Waals surface area contributed by atoms with E-state index in [2.05, 4.69) is 15.0 Å². The molecule has 2 N–H and O–H groups in total. The molecule has 0 saturated heterocycles. The number of halogens is 1. The van der Waals surface area contributed by atoms with Crippen molar-refractivity contribution < 1.29 is 0 Å². The molecule has 0 aliphatic heterocycles. The van der Waals surface area contributed by atoms with Crippen LogP contribution in [0.5, 0.6) is 0 Å². The zero-order valence-corrected chi connectivity index (χ0v) is 11.1. The van der Waals surface area contributed by atoms with E-state index in [0.717, 1.165) is 16.9 Å². The van der Waals surface area contributed by atoms with Crippen LogP contribution in [0, 0.1) is 6.92 Å². The van der Waals surface area contributed by atoms with Gasteiger partial charge in [0.2, 0.25) is 5.95 Å². The van der Waals surface area contributed by atoms with E-state index in [9.17, 15) is 0 Å². The van der Waals surface area contributed by atoms with Crippen LogP contribution in [0.2, 0.25) is 5.02 Å². The van der Waals surface area contributed by atoms with E-state index in [1.54, 1.807) is 12.3 Å². The maximum absolute atomic E-state index is 5.93. The molecule has 0 spiro atoms. The molecule has 3 aromatic rings. The minimum absolute atomic E-state index is 0.422. The number of fused-ring (bicyclic) bond motifs is 1. The Balaban J connectivity index is 2.05. The third kappa shape index (κ3) is 2.24. The number of imidazole rings is 1. The SMILES string of the molecule is Cc1ccc(Cn2c(N)nc3cc(Cl)cnc32)cn1. The van der Waals surface area contributed by atoms with Crippen LogP contribution < -0.4 is 5.73 Å². The van der Waals surface area contributed by atoms with Gasteiger partial charge in [0.25, 0.3) is 0 Å². The molecule has 0 atom stereocenters. The Morgan fingerprint density at radius 3 is 2.84 bits per heavy atom. The third-order valence-corrected chi connectivity index (χ3v) is 3.10. The van der Waals surface area contributed by atoms with Crippen molar-refractivity contribution in [1.29, 1.82) is 0 Å². The molecule has 0 aliphatic rings. The van der Waals surface area contributed by atoms with E-state index in [0.29, 0.717) is 23.0 Å². The predicted octanol–water partition coefficient (Wildman–Crippen LogP) is 2.42. The Hall–Kier alpha value is -2.14. The lowest BCUT2D eigenvalue weighted by Gasteiger charge is -2.05. The van der Waals surface area contributed by atoms with Crippen LogP contribution in [0.15, 0.2) is 30.6 Å². The fraction of sp³-hybridized carbons (Fsp3) is 0.154. The van der Waals surface area contributed by atoms with Crippen molar-refractivity contribution in [1.82, 2.24) is 19.5 Å². The molecule has 0 radical (unpaired) electrons. The van der Waals surface area contributed by atoms with Crippen LogP contribution >= 0.6 is 11.6 Å². The van der Waals surface area contributed by atoms with Crippen molar-refractivity contribution in [3.05, 3.63) is 46.9 Å². The monoisotopic (exact) mass is 273 g/mol. The molecule has 96 valence electrons. The smallest absolute Gasteiger partial charge is 0.202 e. The summed E-state index contributed by atoms with van der Waals surface area (Å²) in [5.41, 5.74) is 9.39. The second-order valence-corrected chi connectivity index (χ2v) is 4.80. The molecule has 0 amide bonds. The highest BCUT2D eigenvalue weighted by Crippen LogP contribution is 2.20. The second kappa shape index (κ2) is 4.51. The van der Waals surface area contributed by atoms with Crippen molar-refractivity contribution in [3.63, 3.8) is 0 Å². The number of anilines is 1. The number of nitrogens with zero attached hydrogens (tertiary/aromatic N) is 4. The van der Waals surface area contributed by atoms with Gasteiger partial charge in [-0.15, -0.1) is 0 Å². The fourth-order valence-electron chi connectivity index (χ4n) is 1.93. The van der Waals surface area contributed by atoms with Crippen LogP contribution in [0.4, 0.5) is 5.95 Å². The molecule has 0 saturated carbocycles. The van der Waals surface area contributed by atoms with E-state index in [1.807, 2.05) is 29.8 Å². The quantitative estimate of drug-likeness (QED) is 0.778. The summed E-state index contributed by atoms with van der Waals surface area (Å²) in [7, 11) is 0. The average molecular weight is 274 g/mol. The van der Waals surface area contributed by atoms with Gasteiger partial charge in [-0.1, -0.05) is 17.7 Å². The van der Waals surface area contributed by atoms with Gasteiger partial charge in [-0.05, 0) is 24.6 Å². The Morgan fingerprint density at radius 2 is 2.11 bits per heavy atom. The number of hydrogen-bond donors (Lipinski definition) is 1. The molecular formula is C13H12ClN5. The number of aromatic nitrogens is 4. The van der Waals surface area contributed by atoms with Gasteiger partial charge in [-0.2, -0.15) is 0 Å². The first kappa shape index (κ1) is 11.9. The molecule has 3 aromatic heterocycles. The lowest BCUT2D eigenvalue weighted by atomic mass is 10.2. The molecule has 3 heterocycles. The average Bonchev–Trinajstić information content (AvgIpc) is 2.68. The van der Waals surface area contributed by atoms with E-state index < -0.39 is 0 Å². The van der Waals surface area contributed by atoms with Crippen LogP contribution in [0.3, 0.4) is 0 Å². The van der Waals surface area contributed by atoms with Gasteiger partial charge in [0, 0.05) is 18.1 Å². The number of nitrogen functional groups attached to an aromatic ring is 1. The first-order valence-corrected chi connectivity index (χ1v) is 6.20. The van der Waals surface area contributed by atoms with Crippen molar-refractivity contribution in [2.75, 3.05) is 5.73 Å². The van der Waals surface area contributed by atoms with Crippen LogP contribution in [-0.2, 0) is 6.54 Å². The molecule has 0 aliphatic carbocycles. The Labute approximate surface area is 115 Å². The van der Waals surface area contributed by atoms with Gasteiger partial charge in [-0.3, -0.25) is 9.55 Å². The number of aryl methyl sites for hydroxylation is 1. The summed E-state index contributed by atoms with van der Waals surface area (Å²) in [5, 5.41) is 0.550. The number of hydrogen-bond acceptors (Lipinski definition) is 4. The first-order valence-electron chi connectivity index (χ1n) is 5.82. The lowest BCUT2D eigenvalue weighted by Crippen LogP contribution is -2.05. The molecule has 19 heavy (non-hydrogen) atoms. The van der Waals surface area contributed by atoms with Crippen LogP contribution in [-0.4, -0.2) is 19.5 Å². The zero-order valence-electron chi connectivity index (χ0n) is 10.3. The largest absolute Gasteiger partial charge is 0.369 e. The number of rotatable bonds is 2. The fourth-order valence-corrected chi connectivity index (χ4v) is 2.09. The van der Waals surface area contributed by atoms with Gasteiger partial charge >= 0.3 is 0 Å². The number of pyridine rings is 2. The standard InChI is InChI=1S/C13H12ClN5/c1-8-2-3-9(5-16-8)7-19-12-11(18-13(19)15)4-10(14)6-17-12/h2-6H,7H2,1H3,(H2,15,18). The summed E-state index contributed by atoms with van der Waals surface area (Å²) in [4.78, 5) is 12.8. The van der Waals surface area contributed by atoms with Gasteiger partial charge in [0.15, 0.2) is 5.65 Å². The summed E-state index contributed by atoms with van der Waals surface area (Å²) < 4.78 is 1.85. The van der Waals surface area contributed by atoms with E-state index in [-0.39, 0.29) is 0 Å². The summed E-state index contributed by atoms with van der Waals surface area (Å²) in [6.45, 7) is 2.54. The number of nitrogens with two attached hydrogens (primary N) is 1. The van der Waals surface area contributed by atoms with Gasteiger partial charge < -0.3 is 5.73 Å².